The molecule has 0 unspecified atom stereocenters. The minimum Gasteiger partial charge on any atom is -0.380 e. The van der Waals surface area contributed by atoms with Gasteiger partial charge in [0.15, 0.2) is 0 Å². The summed E-state index contributed by atoms with van der Waals surface area (Å²) in [5, 5.41) is 0. The quantitative estimate of drug-likeness (QED) is 0.716. The highest BCUT2D eigenvalue weighted by Crippen LogP contribution is 2.45. The smallest absolute Gasteiger partial charge is 0.120 e. The van der Waals surface area contributed by atoms with E-state index in [-0.39, 0.29) is 11.6 Å². The Bertz CT molecular complexity index is 234. The van der Waals surface area contributed by atoms with Gasteiger partial charge in [0.2, 0.25) is 0 Å². The number of nitrogens with zero attached hydrogens (tertiary/aromatic N) is 1. The average molecular weight is 215 g/mol. The Kier molecular flexibility index (Phi) is 3.04. The summed E-state index contributed by atoms with van der Waals surface area (Å²) in [4.78, 5) is 2.33. The van der Waals surface area contributed by atoms with Crippen molar-refractivity contribution in [3.8, 4) is 0 Å². The molecule has 0 N–H and O–H groups in total. The molecular formula is C12H22FNO. The van der Waals surface area contributed by atoms with E-state index in [1.807, 2.05) is 0 Å². The van der Waals surface area contributed by atoms with E-state index in [0.717, 1.165) is 25.9 Å². The van der Waals surface area contributed by atoms with E-state index in [2.05, 4.69) is 18.7 Å². The Balaban J connectivity index is 2.15. The highest BCUT2D eigenvalue weighted by Gasteiger charge is 2.54. The SMILES string of the molecule is CO[C@H]1CN2CC[C@H](F)[C@@]2(CC(C)C)C1. The van der Waals surface area contributed by atoms with Crippen LogP contribution in [0, 0.1) is 5.92 Å². The van der Waals surface area contributed by atoms with Gasteiger partial charge in [0.25, 0.3) is 0 Å². The van der Waals surface area contributed by atoms with E-state index in [1.165, 1.54) is 0 Å². The molecule has 88 valence electrons. The number of hydrogen-bond acceptors (Lipinski definition) is 2. The van der Waals surface area contributed by atoms with Gasteiger partial charge in [0, 0.05) is 20.2 Å². The maximum absolute atomic E-state index is 14.1. The molecular weight excluding hydrogens is 193 g/mol. The summed E-state index contributed by atoms with van der Waals surface area (Å²) in [6.45, 7) is 6.19. The van der Waals surface area contributed by atoms with Crippen molar-refractivity contribution in [1.82, 2.24) is 4.90 Å². The molecule has 0 aromatic carbocycles. The second-order valence-corrected chi connectivity index (χ2v) is 5.47. The molecule has 2 saturated heterocycles. The molecule has 2 aliphatic rings. The fourth-order valence-electron chi connectivity index (χ4n) is 3.40. The van der Waals surface area contributed by atoms with E-state index >= 15 is 0 Å². The van der Waals surface area contributed by atoms with Crippen LogP contribution in [-0.2, 0) is 4.74 Å². The lowest BCUT2D eigenvalue weighted by Crippen LogP contribution is -2.45. The highest BCUT2D eigenvalue weighted by molar-refractivity contribution is 5.09. The van der Waals surface area contributed by atoms with Crippen LogP contribution in [-0.4, -0.2) is 42.9 Å². The summed E-state index contributed by atoms with van der Waals surface area (Å²) < 4.78 is 19.5. The van der Waals surface area contributed by atoms with Crippen LogP contribution in [0.3, 0.4) is 0 Å². The van der Waals surface area contributed by atoms with Crippen LogP contribution >= 0.6 is 0 Å². The zero-order valence-corrected chi connectivity index (χ0v) is 10.0. The van der Waals surface area contributed by atoms with Gasteiger partial charge in [-0.05, 0) is 25.2 Å². The summed E-state index contributed by atoms with van der Waals surface area (Å²) in [5.74, 6) is 0.555. The van der Waals surface area contributed by atoms with Crippen LogP contribution in [0.2, 0.25) is 0 Å². The molecule has 15 heavy (non-hydrogen) atoms. The lowest BCUT2D eigenvalue weighted by molar-refractivity contribution is 0.0840. The van der Waals surface area contributed by atoms with Gasteiger partial charge in [-0.25, -0.2) is 4.39 Å². The van der Waals surface area contributed by atoms with Crippen molar-refractivity contribution in [2.45, 2.75) is 50.9 Å². The summed E-state index contributed by atoms with van der Waals surface area (Å²) in [5.41, 5.74) is -0.200. The Labute approximate surface area is 91.8 Å². The van der Waals surface area contributed by atoms with Crippen LogP contribution in [0.25, 0.3) is 0 Å². The van der Waals surface area contributed by atoms with Gasteiger partial charge in [-0.15, -0.1) is 0 Å². The fourth-order valence-corrected chi connectivity index (χ4v) is 3.40. The van der Waals surface area contributed by atoms with E-state index < -0.39 is 6.17 Å². The van der Waals surface area contributed by atoms with Crippen molar-refractivity contribution >= 4 is 0 Å². The molecule has 0 amide bonds. The van der Waals surface area contributed by atoms with Gasteiger partial charge in [0.1, 0.15) is 6.17 Å². The first-order valence-corrected chi connectivity index (χ1v) is 6.00. The van der Waals surface area contributed by atoms with Crippen molar-refractivity contribution in [2.75, 3.05) is 20.2 Å². The molecule has 2 fully saturated rings. The van der Waals surface area contributed by atoms with Crippen molar-refractivity contribution < 1.29 is 9.13 Å². The highest BCUT2D eigenvalue weighted by atomic mass is 19.1. The zero-order valence-electron chi connectivity index (χ0n) is 10.0. The molecule has 2 nitrogen and oxygen atoms in total. The van der Waals surface area contributed by atoms with E-state index in [1.54, 1.807) is 7.11 Å². The Hall–Kier alpha value is -0.150. The molecule has 2 rings (SSSR count). The predicted molar refractivity (Wildman–Crippen MR) is 58.7 cm³/mol. The third-order valence-electron chi connectivity index (χ3n) is 3.97. The third kappa shape index (κ3) is 1.80. The number of methoxy groups -OCH3 is 1. The number of hydrogen-bond donors (Lipinski definition) is 0. The number of fused-ring (bicyclic) bond motifs is 1. The molecule has 3 atom stereocenters. The first kappa shape index (κ1) is 11.3. The Morgan fingerprint density at radius 1 is 1.53 bits per heavy atom. The zero-order chi connectivity index (χ0) is 11.1. The van der Waals surface area contributed by atoms with Crippen LogP contribution in [0.5, 0.6) is 0 Å². The maximum atomic E-state index is 14.1. The minimum absolute atomic E-state index is 0.200. The summed E-state index contributed by atoms with van der Waals surface area (Å²) in [6, 6.07) is 0. The largest absolute Gasteiger partial charge is 0.380 e. The normalized spacial score (nSPS) is 41.4. The van der Waals surface area contributed by atoms with Gasteiger partial charge in [-0.1, -0.05) is 13.8 Å². The topological polar surface area (TPSA) is 12.5 Å². The molecule has 0 aromatic rings. The standard InChI is InChI=1S/C12H22FNO/c1-9(2)6-12-7-10(15-3)8-14(12)5-4-11(12)13/h9-11H,4-8H2,1-3H3/t10-,11+,12-/m1/s1. The lowest BCUT2D eigenvalue weighted by atomic mass is 9.83. The summed E-state index contributed by atoms with van der Waals surface area (Å²) in [7, 11) is 1.74. The lowest BCUT2D eigenvalue weighted by Gasteiger charge is -2.35. The molecule has 0 saturated carbocycles. The monoisotopic (exact) mass is 215 g/mol. The number of alkyl halides is 1. The summed E-state index contributed by atoms with van der Waals surface area (Å²) >= 11 is 0. The minimum atomic E-state index is -0.653. The number of ether oxygens (including phenoxy) is 1. The molecule has 0 bridgehead atoms. The van der Waals surface area contributed by atoms with Crippen LogP contribution in [0.1, 0.15) is 33.1 Å². The predicted octanol–water partition coefficient (Wildman–Crippen LogP) is 2.23. The van der Waals surface area contributed by atoms with Gasteiger partial charge in [-0.2, -0.15) is 0 Å². The molecule has 0 aliphatic carbocycles. The Morgan fingerprint density at radius 3 is 2.87 bits per heavy atom. The summed E-state index contributed by atoms with van der Waals surface area (Å²) in [6.07, 6.45) is 2.14. The van der Waals surface area contributed by atoms with Gasteiger partial charge < -0.3 is 4.74 Å². The maximum Gasteiger partial charge on any atom is 0.120 e. The average Bonchev–Trinajstić information content (AvgIpc) is 2.64. The van der Waals surface area contributed by atoms with Gasteiger partial charge in [0.05, 0.1) is 11.6 Å². The van der Waals surface area contributed by atoms with E-state index in [0.29, 0.717) is 12.3 Å². The van der Waals surface area contributed by atoms with E-state index in [4.69, 9.17) is 4.74 Å². The third-order valence-corrected chi connectivity index (χ3v) is 3.97. The molecule has 3 heteroatoms. The van der Waals surface area contributed by atoms with Crippen LogP contribution in [0.15, 0.2) is 0 Å². The van der Waals surface area contributed by atoms with Crippen molar-refractivity contribution in [3.05, 3.63) is 0 Å². The first-order valence-electron chi connectivity index (χ1n) is 6.00. The van der Waals surface area contributed by atoms with Crippen molar-refractivity contribution in [2.24, 2.45) is 5.92 Å². The molecule has 0 radical (unpaired) electrons. The first-order chi connectivity index (χ1) is 7.08. The van der Waals surface area contributed by atoms with Gasteiger partial charge >= 0.3 is 0 Å². The molecule has 2 heterocycles. The second-order valence-electron chi connectivity index (χ2n) is 5.47. The number of rotatable bonds is 3. The number of halogens is 1. The Morgan fingerprint density at radius 2 is 2.27 bits per heavy atom. The van der Waals surface area contributed by atoms with Crippen LogP contribution < -0.4 is 0 Å². The molecule has 0 aromatic heterocycles. The van der Waals surface area contributed by atoms with Crippen molar-refractivity contribution in [3.63, 3.8) is 0 Å². The van der Waals surface area contributed by atoms with E-state index in [9.17, 15) is 4.39 Å². The fraction of sp³-hybridized carbons (Fsp3) is 1.00. The molecule has 0 spiro atoms. The second kappa shape index (κ2) is 4.02. The van der Waals surface area contributed by atoms with Crippen LogP contribution in [0.4, 0.5) is 4.39 Å². The van der Waals surface area contributed by atoms with Crippen molar-refractivity contribution in [1.29, 1.82) is 0 Å². The van der Waals surface area contributed by atoms with Gasteiger partial charge in [-0.3, -0.25) is 4.90 Å². The molecule has 2 aliphatic heterocycles.